The lowest BCUT2D eigenvalue weighted by Crippen LogP contribution is -2.30. The second kappa shape index (κ2) is 9.24. The molecule has 2 fully saturated rings. The van der Waals surface area contributed by atoms with E-state index in [0.717, 1.165) is 6.42 Å². The van der Waals surface area contributed by atoms with Crippen LogP contribution < -0.4 is 10.2 Å². The van der Waals surface area contributed by atoms with E-state index >= 15 is 0 Å². The van der Waals surface area contributed by atoms with Gasteiger partial charge in [0.05, 0.1) is 33.3 Å². The molecule has 172 valence electrons. The van der Waals surface area contributed by atoms with Crippen LogP contribution in [0.4, 0.5) is 11.4 Å². The van der Waals surface area contributed by atoms with E-state index < -0.39 is 0 Å². The van der Waals surface area contributed by atoms with E-state index in [1.807, 2.05) is 18.2 Å². The average molecular weight is 493 g/mol. The van der Waals surface area contributed by atoms with Gasteiger partial charge in [0, 0.05) is 5.56 Å². The van der Waals surface area contributed by atoms with E-state index in [1.54, 1.807) is 42.5 Å². The number of benzene rings is 3. The van der Waals surface area contributed by atoms with Crippen LogP contribution in [0, 0.1) is 11.8 Å². The second-order valence-corrected chi connectivity index (χ2v) is 9.53. The molecule has 3 aromatic rings. The highest BCUT2D eigenvalue weighted by Gasteiger charge is 2.50. The van der Waals surface area contributed by atoms with Gasteiger partial charge in [-0.05, 0) is 67.1 Å². The van der Waals surface area contributed by atoms with Crippen molar-refractivity contribution in [1.82, 2.24) is 0 Å². The summed E-state index contributed by atoms with van der Waals surface area (Å²) < 4.78 is 0. The van der Waals surface area contributed by atoms with Gasteiger partial charge in [0.2, 0.25) is 11.8 Å². The number of halogens is 2. The molecule has 0 radical (unpaired) electrons. The fraction of sp³-hybridized carbons (Fsp3) is 0.222. The number of fused-ring (bicyclic) bond motifs is 1. The summed E-state index contributed by atoms with van der Waals surface area (Å²) in [6.07, 6.45) is 2.27. The first kappa shape index (κ1) is 22.6. The third-order valence-corrected chi connectivity index (χ3v) is 7.60. The minimum atomic E-state index is -0.367. The molecular weight excluding hydrogens is 471 g/mol. The number of hydrogen-bond donors (Lipinski definition) is 1. The number of carbonyl (C=O) groups excluding carboxylic acids is 3. The molecule has 1 aliphatic heterocycles. The maximum Gasteiger partial charge on any atom is 0.255 e. The number of imide groups is 1. The van der Waals surface area contributed by atoms with Crippen LogP contribution in [0.15, 0.2) is 72.8 Å². The highest BCUT2D eigenvalue weighted by Crippen LogP contribution is 2.45. The number of hydrogen-bond acceptors (Lipinski definition) is 3. The van der Waals surface area contributed by atoms with Gasteiger partial charge in [0.15, 0.2) is 0 Å². The van der Waals surface area contributed by atoms with Crippen molar-refractivity contribution in [3.63, 3.8) is 0 Å². The molecule has 5 rings (SSSR count). The lowest BCUT2D eigenvalue weighted by Gasteiger charge is -2.28. The zero-order valence-electron chi connectivity index (χ0n) is 18.2. The number of nitrogens with zero attached hydrogens (tertiary/aromatic N) is 1. The minimum Gasteiger partial charge on any atom is -0.321 e. The molecule has 1 saturated carbocycles. The van der Waals surface area contributed by atoms with Crippen LogP contribution in [-0.4, -0.2) is 17.7 Å². The smallest absolute Gasteiger partial charge is 0.255 e. The number of rotatable bonds is 4. The highest BCUT2D eigenvalue weighted by molar-refractivity contribution is 6.44. The van der Waals surface area contributed by atoms with Crippen molar-refractivity contribution in [1.29, 1.82) is 0 Å². The first-order valence-electron chi connectivity index (χ1n) is 11.2. The predicted octanol–water partition coefficient (Wildman–Crippen LogP) is 6.32. The van der Waals surface area contributed by atoms with Crippen molar-refractivity contribution < 1.29 is 14.4 Å². The molecule has 0 bridgehead atoms. The molecule has 1 heterocycles. The number of nitrogens with one attached hydrogen (secondary N) is 1. The van der Waals surface area contributed by atoms with E-state index in [1.165, 1.54) is 10.5 Å². The largest absolute Gasteiger partial charge is 0.321 e. The van der Waals surface area contributed by atoms with E-state index in [4.69, 9.17) is 23.2 Å². The Morgan fingerprint density at radius 3 is 2.26 bits per heavy atom. The van der Waals surface area contributed by atoms with Crippen LogP contribution in [0.2, 0.25) is 10.0 Å². The molecule has 7 heteroatoms. The summed E-state index contributed by atoms with van der Waals surface area (Å²) >= 11 is 12.2. The molecule has 3 atom stereocenters. The van der Waals surface area contributed by atoms with Crippen molar-refractivity contribution in [2.45, 2.75) is 25.2 Å². The lowest BCUT2D eigenvalue weighted by molar-refractivity contribution is -0.122. The van der Waals surface area contributed by atoms with Gasteiger partial charge in [0.1, 0.15) is 0 Å². The summed E-state index contributed by atoms with van der Waals surface area (Å²) in [5.41, 5.74) is 2.48. The van der Waals surface area contributed by atoms with Crippen LogP contribution in [0.25, 0.3) is 0 Å². The Hall–Kier alpha value is -3.15. The van der Waals surface area contributed by atoms with Gasteiger partial charge >= 0.3 is 0 Å². The molecule has 3 unspecified atom stereocenters. The lowest BCUT2D eigenvalue weighted by atomic mass is 9.73. The zero-order chi connectivity index (χ0) is 23.8. The second-order valence-electron chi connectivity index (χ2n) is 8.75. The SMILES string of the molecule is O=C(Nc1cccc(Cl)c1Cl)c1ccc(N2C(=O)C3CCC(c4ccccc4)CC3C2=O)cc1. The Morgan fingerprint density at radius 2 is 1.53 bits per heavy atom. The number of anilines is 2. The van der Waals surface area contributed by atoms with Gasteiger partial charge < -0.3 is 5.32 Å². The topological polar surface area (TPSA) is 66.5 Å². The third kappa shape index (κ3) is 4.10. The maximum atomic E-state index is 13.3. The predicted molar refractivity (Wildman–Crippen MR) is 133 cm³/mol. The zero-order valence-corrected chi connectivity index (χ0v) is 19.7. The summed E-state index contributed by atoms with van der Waals surface area (Å²) in [7, 11) is 0. The molecule has 3 aromatic carbocycles. The molecule has 34 heavy (non-hydrogen) atoms. The molecule has 2 aliphatic rings. The van der Waals surface area contributed by atoms with E-state index in [2.05, 4.69) is 17.4 Å². The fourth-order valence-electron chi connectivity index (χ4n) is 5.02. The molecule has 1 saturated heterocycles. The molecule has 1 N–H and O–H groups in total. The van der Waals surface area contributed by atoms with Gasteiger partial charge in [-0.3, -0.25) is 19.3 Å². The summed E-state index contributed by atoms with van der Waals surface area (Å²) in [5.74, 6) is -0.972. The summed E-state index contributed by atoms with van der Waals surface area (Å²) in [4.78, 5) is 40.3. The van der Waals surface area contributed by atoms with Crippen molar-refractivity contribution in [2.24, 2.45) is 11.8 Å². The Balaban J connectivity index is 1.31. The third-order valence-electron chi connectivity index (χ3n) is 6.78. The normalized spacial score (nSPS) is 21.9. The average Bonchev–Trinajstić information content (AvgIpc) is 3.12. The highest BCUT2D eigenvalue weighted by atomic mass is 35.5. The van der Waals surface area contributed by atoms with Crippen LogP contribution >= 0.6 is 23.2 Å². The van der Waals surface area contributed by atoms with Gasteiger partial charge in [-0.15, -0.1) is 0 Å². The summed E-state index contributed by atoms with van der Waals surface area (Å²) in [5, 5.41) is 3.34. The molecule has 5 nitrogen and oxygen atoms in total. The maximum absolute atomic E-state index is 13.3. The molecular formula is C27H22Cl2N2O3. The van der Waals surface area contributed by atoms with Crippen molar-refractivity contribution in [2.75, 3.05) is 10.2 Å². The van der Waals surface area contributed by atoms with Gasteiger partial charge in [0.25, 0.3) is 5.91 Å². The number of amides is 3. The number of carbonyl (C=O) groups is 3. The van der Waals surface area contributed by atoms with E-state index in [-0.39, 0.29) is 40.5 Å². The van der Waals surface area contributed by atoms with E-state index in [9.17, 15) is 14.4 Å². The Bertz CT molecular complexity index is 1260. The summed E-state index contributed by atoms with van der Waals surface area (Å²) in [6.45, 7) is 0. The molecule has 3 amide bonds. The Morgan fingerprint density at radius 1 is 0.824 bits per heavy atom. The Labute approximate surface area is 207 Å². The first-order chi connectivity index (χ1) is 16.4. The minimum absolute atomic E-state index is 0.149. The van der Waals surface area contributed by atoms with Crippen LogP contribution in [0.1, 0.15) is 41.1 Å². The quantitative estimate of drug-likeness (QED) is 0.433. The summed E-state index contributed by atoms with van der Waals surface area (Å²) in [6, 6.07) is 21.6. The van der Waals surface area contributed by atoms with Crippen molar-refractivity contribution >= 4 is 52.3 Å². The van der Waals surface area contributed by atoms with Crippen molar-refractivity contribution in [3.05, 3.63) is 94.0 Å². The van der Waals surface area contributed by atoms with Gasteiger partial charge in [-0.25, -0.2) is 0 Å². The van der Waals surface area contributed by atoms with Crippen molar-refractivity contribution in [3.8, 4) is 0 Å². The van der Waals surface area contributed by atoms with Crippen LogP contribution in [0.3, 0.4) is 0 Å². The van der Waals surface area contributed by atoms with Crippen LogP contribution in [-0.2, 0) is 9.59 Å². The molecule has 0 aromatic heterocycles. The Kier molecular flexibility index (Phi) is 6.15. The monoisotopic (exact) mass is 492 g/mol. The molecule has 1 aliphatic carbocycles. The fourth-order valence-corrected chi connectivity index (χ4v) is 5.37. The molecule has 0 spiro atoms. The van der Waals surface area contributed by atoms with Gasteiger partial charge in [-0.2, -0.15) is 0 Å². The van der Waals surface area contributed by atoms with Gasteiger partial charge in [-0.1, -0.05) is 59.6 Å². The standard InChI is InChI=1S/C27H22Cl2N2O3/c28-22-7-4-8-23(24(22)29)30-25(32)17-9-12-19(13-10-17)31-26(33)20-14-11-18(15-21(20)27(31)34)16-5-2-1-3-6-16/h1-10,12-13,18,20-21H,11,14-15H2,(H,30,32). The van der Waals surface area contributed by atoms with E-state index in [0.29, 0.717) is 34.8 Å². The van der Waals surface area contributed by atoms with Crippen LogP contribution in [0.5, 0.6) is 0 Å². The first-order valence-corrected chi connectivity index (χ1v) is 12.0.